The van der Waals surface area contributed by atoms with Crippen LogP contribution in [0.2, 0.25) is 0 Å². The molecule has 1 atom stereocenters. The lowest BCUT2D eigenvalue weighted by molar-refractivity contribution is -0.123. The van der Waals surface area contributed by atoms with Crippen molar-refractivity contribution in [1.29, 1.82) is 0 Å². The van der Waals surface area contributed by atoms with Gasteiger partial charge in [0.05, 0.1) is 6.10 Å². The number of allylic oxidation sites excluding steroid dienone is 1. The summed E-state index contributed by atoms with van der Waals surface area (Å²) in [5.41, 5.74) is 0. The minimum atomic E-state index is -0.376. The Balaban J connectivity index is 2.74. The van der Waals surface area contributed by atoms with Crippen molar-refractivity contribution in [2.24, 2.45) is 0 Å². The first kappa shape index (κ1) is 9.10. The van der Waals surface area contributed by atoms with E-state index in [0.29, 0.717) is 11.5 Å². The van der Waals surface area contributed by atoms with Crippen LogP contribution < -0.4 is 0 Å². The Hall–Kier alpha value is -0.990. The quantitative estimate of drug-likeness (QED) is 0.631. The van der Waals surface area contributed by atoms with Gasteiger partial charge in [0, 0.05) is 0 Å². The van der Waals surface area contributed by atoms with Gasteiger partial charge >= 0.3 is 0 Å². The summed E-state index contributed by atoms with van der Waals surface area (Å²) in [7, 11) is 0. The Kier molecular flexibility index (Phi) is 2.40. The molecular weight excluding hydrogens is 156 g/mol. The summed E-state index contributed by atoms with van der Waals surface area (Å²) in [6, 6.07) is 0. The zero-order valence-corrected chi connectivity index (χ0v) is 7.88. The molecule has 0 N–H and O–H groups in total. The topological polar surface area (TPSA) is 35.5 Å². The number of ketones is 1. The van der Waals surface area contributed by atoms with Crippen molar-refractivity contribution in [2.75, 3.05) is 0 Å². The molecule has 12 heavy (non-hydrogen) atoms. The zero-order chi connectivity index (χ0) is 9.30. The van der Waals surface area contributed by atoms with E-state index in [-0.39, 0.29) is 18.0 Å². The third kappa shape index (κ3) is 1.60. The molecule has 1 unspecified atom stereocenters. The van der Waals surface area contributed by atoms with Crippen molar-refractivity contribution in [3.05, 3.63) is 11.5 Å². The van der Waals surface area contributed by atoms with Gasteiger partial charge in [-0.25, -0.2) is 0 Å². The molecule has 0 radical (unpaired) electrons. The Morgan fingerprint density at radius 1 is 1.50 bits per heavy atom. The Morgan fingerprint density at radius 3 is 2.42 bits per heavy atom. The molecule has 3 nitrogen and oxygen atoms in total. The molecule has 1 rings (SSSR count). The van der Waals surface area contributed by atoms with Gasteiger partial charge in [0.15, 0.2) is 6.10 Å². The largest absolute Gasteiger partial charge is 0.484 e. The summed E-state index contributed by atoms with van der Waals surface area (Å²) >= 11 is 0. The molecule has 0 fully saturated rings. The number of rotatable bonds is 2. The predicted molar refractivity (Wildman–Crippen MR) is 44.5 cm³/mol. The minimum Gasteiger partial charge on any atom is -0.484 e. The SMILES string of the molecule is CC1=C(OC(C)C)C(=O)C(C)O1. The molecule has 0 bridgehead atoms. The van der Waals surface area contributed by atoms with Gasteiger partial charge in [-0.2, -0.15) is 0 Å². The van der Waals surface area contributed by atoms with Crippen LogP contribution in [-0.2, 0) is 14.3 Å². The van der Waals surface area contributed by atoms with Crippen LogP contribution in [0.5, 0.6) is 0 Å². The van der Waals surface area contributed by atoms with Crippen LogP contribution in [0.3, 0.4) is 0 Å². The number of hydrogen-bond donors (Lipinski definition) is 0. The first-order valence-electron chi connectivity index (χ1n) is 4.10. The molecule has 0 spiro atoms. The molecule has 1 heterocycles. The lowest BCUT2D eigenvalue weighted by atomic mass is 10.2. The fourth-order valence-electron chi connectivity index (χ4n) is 1.11. The first-order chi connectivity index (χ1) is 5.52. The van der Waals surface area contributed by atoms with Crippen LogP contribution in [0.25, 0.3) is 0 Å². The van der Waals surface area contributed by atoms with Crippen molar-refractivity contribution >= 4 is 5.78 Å². The van der Waals surface area contributed by atoms with Crippen molar-refractivity contribution in [1.82, 2.24) is 0 Å². The molecule has 0 amide bonds. The van der Waals surface area contributed by atoms with E-state index in [2.05, 4.69) is 0 Å². The van der Waals surface area contributed by atoms with Gasteiger partial charge in [-0.3, -0.25) is 4.79 Å². The van der Waals surface area contributed by atoms with Crippen LogP contribution in [0.4, 0.5) is 0 Å². The van der Waals surface area contributed by atoms with Gasteiger partial charge in [-0.15, -0.1) is 0 Å². The molecule has 1 aliphatic heterocycles. The zero-order valence-electron chi connectivity index (χ0n) is 7.88. The van der Waals surface area contributed by atoms with Crippen molar-refractivity contribution in [3.63, 3.8) is 0 Å². The van der Waals surface area contributed by atoms with Crippen LogP contribution in [-0.4, -0.2) is 18.0 Å². The van der Waals surface area contributed by atoms with Gasteiger partial charge in [0.2, 0.25) is 11.5 Å². The number of carbonyl (C=O) groups excluding carboxylic acids is 1. The van der Waals surface area contributed by atoms with Crippen molar-refractivity contribution in [2.45, 2.75) is 39.9 Å². The predicted octanol–water partition coefficient (Wildman–Crippen LogP) is 1.63. The van der Waals surface area contributed by atoms with E-state index in [1.807, 2.05) is 13.8 Å². The highest BCUT2D eigenvalue weighted by molar-refractivity contribution is 5.99. The molecule has 3 heteroatoms. The van der Waals surface area contributed by atoms with E-state index < -0.39 is 0 Å². The van der Waals surface area contributed by atoms with Gasteiger partial charge in [0.25, 0.3) is 0 Å². The second-order valence-corrected chi connectivity index (χ2v) is 3.18. The average molecular weight is 170 g/mol. The van der Waals surface area contributed by atoms with Crippen LogP contribution >= 0.6 is 0 Å². The standard InChI is InChI=1S/C9H14O3/c1-5(2)11-9-7(4)12-6(3)8(9)10/h5-6H,1-4H3. The Morgan fingerprint density at radius 2 is 2.08 bits per heavy atom. The average Bonchev–Trinajstić information content (AvgIpc) is 2.16. The van der Waals surface area contributed by atoms with E-state index in [1.165, 1.54) is 0 Å². The number of hydrogen-bond acceptors (Lipinski definition) is 3. The summed E-state index contributed by atoms with van der Waals surface area (Å²) in [5.74, 6) is 0.930. The summed E-state index contributed by atoms with van der Waals surface area (Å²) < 4.78 is 10.5. The monoisotopic (exact) mass is 170 g/mol. The maximum atomic E-state index is 11.3. The molecule has 0 aromatic carbocycles. The second kappa shape index (κ2) is 3.17. The van der Waals surface area contributed by atoms with Gasteiger partial charge in [-0.05, 0) is 27.7 Å². The molecule has 0 saturated carbocycles. The van der Waals surface area contributed by atoms with E-state index >= 15 is 0 Å². The number of ether oxygens (including phenoxy) is 2. The van der Waals surface area contributed by atoms with Crippen LogP contribution in [0.1, 0.15) is 27.7 Å². The highest BCUT2D eigenvalue weighted by Crippen LogP contribution is 2.22. The highest BCUT2D eigenvalue weighted by Gasteiger charge is 2.31. The van der Waals surface area contributed by atoms with E-state index in [4.69, 9.17) is 9.47 Å². The molecule has 68 valence electrons. The molecular formula is C9H14O3. The van der Waals surface area contributed by atoms with E-state index in [9.17, 15) is 4.79 Å². The fourth-order valence-corrected chi connectivity index (χ4v) is 1.11. The molecule has 0 aromatic rings. The fraction of sp³-hybridized carbons (Fsp3) is 0.667. The maximum Gasteiger partial charge on any atom is 0.240 e. The smallest absolute Gasteiger partial charge is 0.240 e. The molecule has 0 aliphatic carbocycles. The molecule has 1 aliphatic rings. The lowest BCUT2D eigenvalue weighted by Gasteiger charge is -2.08. The Bertz CT molecular complexity index is 228. The van der Waals surface area contributed by atoms with E-state index in [0.717, 1.165) is 0 Å². The lowest BCUT2D eigenvalue weighted by Crippen LogP contribution is -2.16. The minimum absolute atomic E-state index is 0.0211. The Labute approximate surface area is 72.4 Å². The summed E-state index contributed by atoms with van der Waals surface area (Å²) in [6.45, 7) is 7.24. The number of carbonyl (C=O) groups is 1. The van der Waals surface area contributed by atoms with E-state index in [1.54, 1.807) is 13.8 Å². The molecule has 0 saturated heterocycles. The highest BCUT2D eigenvalue weighted by atomic mass is 16.5. The van der Waals surface area contributed by atoms with Crippen molar-refractivity contribution < 1.29 is 14.3 Å². The molecule has 0 aromatic heterocycles. The first-order valence-corrected chi connectivity index (χ1v) is 4.10. The second-order valence-electron chi connectivity index (χ2n) is 3.18. The van der Waals surface area contributed by atoms with Gasteiger partial charge in [0.1, 0.15) is 5.76 Å². The maximum absolute atomic E-state index is 11.3. The van der Waals surface area contributed by atoms with Crippen LogP contribution in [0, 0.1) is 0 Å². The van der Waals surface area contributed by atoms with Gasteiger partial charge in [-0.1, -0.05) is 0 Å². The van der Waals surface area contributed by atoms with Crippen LogP contribution in [0.15, 0.2) is 11.5 Å². The summed E-state index contributed by atoms with van der Waals surface area (Å²) in [6.07, 6.45) is -0.355. The van der Waals surface area contributed by atoms with Crippen molar-refractivity contribution in [3.8, 4) is 0 Å². The number of Topliss-reactive ketones (excluding diaryl/α,β-unsaturated/α-hetero) is 1. The third-order valence-corrected chi connectivity index (χ3v) is 1.62. The summed E-state index contributed by atoms with van der Waals surface area (Å²) in [5, 5.41) is 0. The normalized spacial score (nSPS) is 23.4. The van der Waals surface area contributed by atoms with Gasteiger partial charge < -0.3 is 9.47 Å². The summed E-state index contributed by atoms with van der Waals surface area (Å²) in [4.78, 5) is 11.3. The third-order valence-electron chi connectivity index (χ3n) is 1.62.